The SMILES string of the molecule is CCOc1ccc(-n2c(SCC(=O)N/N=C\C(C)=C\c3ccccc3)nnc2-c2ccc(Cl)cc2)cc1. The number of allylic oxidation sites excluding steroid dienone is 1. The minimum Gasteiger partial charge on any atom is -0.494 e. The molecule has 0 saturated carbocycles. The van der Waals surface area contributed by atoms with Crippen LogP contribution in [-0.4, -0.2) is 39.2 Å². The highest BCUT2D eigenvalue weighted by Crippen LogP contribution is 2.29. The molecule has 4 rings (SSSR count). The summed E-state index contributed by atoms with van der Waals surface area (Å²) in [5, 5.41) is 14.1. The smallest absolute Gasteiger partial charge is 0.250 e. The molecule has 7 nitrogen and oxygen atoms in total. The van der Waals surface area contributed by atoms with Crippen molar-refractivity contribution in [1.29, 1.82) is 0 Å². The summed E-state index contributed by atoms with van der Waals surface area (Å²) in [5.41, 5.74) is 6.26. The Morgan fingerprint density at radius 1 is 1.05 bits per heavy atom. The van der Waals surface area contributed by atoms with Gasteiger partial charge in [0.25, 0.3) is 5.91 Å². The van der Waals surface area contributed by atoms with Gasteiger partial charge in [-0.3, -0.25) is 9.36 Å². The minimum atomic E-state index is -0.247. The summed E-state index contributed by atoms with van der Waals surface area (Å²) >= 11 is 7.35. The Labute approximate surface area is 225 Å². The highest BCUT2D eigenvalue weighted by Gasteiger charge is 2.17. The number of hydrogen-bond acceptors (Lipinski definition) is 6. The second-order valence-corrected chi connectivity index (χ2v) is 9.34. The lowest BCUT2D eigenvalue weighted by Gasteiger charge is -2.11. The standard InChI is InChI=1S/C28H26ClN5O2S/c1-3-36-25-15-13-24(14-16-25)34-27(22-9-11-23(29)12-10-22)32-33-28(34)37-19-26(35)31-30-18-20(2)17-21-7-5-4-6-8-21/h4-18H,3,19H2,1-2H3,(H,31,35)/b20-17+,30-18-. The maximum absolute atomic E-state index is 12.5. The molecule has 0 fully saturated rings. The summed E-state index contributed by atoms with van der Waals surface area (Å²) in [7, 11) is 0. The number of carbonyl (C=O) groups is 1. The summed E-state index contributed by atoms with van der Waals surface area (Å²) in [5.74, 6) is 1.29. The van der Waals surface area contributed by atoms with Gasteiger partial charge in [0.1, 0.15) is 5.75 Å². The number of amides is 1. The Hall–Kier alpha value is -3.88. The number of nitrogens with one attached hydrogen (secondary N) is 1. The number of thioether (sulfide) groups is 1. The third-order valence-corrected chi connectivity index (χ3v) is 6.31. The molecule has 0 radical (unpaired) electrons. The molecule has 0 spiro atoms. The highest BCUT2D eigenvalue weighted by molar-refractivity contribution is 7.99. The number of rotatable bonds is 10. The van der Waals surface area contributed by atoms with Gasteiger partial charge in [0.2, 0.25) is 0 Å². The third-order valence-electron chi connectivity index (χ3n) is 5.13. The third kappa shape index (κ3) is 7.31. The average molecular weight is 532 g/mol. The molecular weight excluding hydrogens is 506 g/mol. The second kappa shape index (κ2) is 12.9. The van der Waals surface area contributed by atoms with Crippen molar-refractivity contribution in [3.05, 3.63) is 95.0 Å². The van der Waals surface area contributed by atoms with Crippen LogP contribution in [0.25, 0.3) is 23.2 Å². The van der Waals surface area contributed by atoms with Crippen LogP contribution in [0.2, 0.25) is 5.02 Å². The molecule has 0 aliphatic rings. The van der Waals surface area contributed by atoms with E-state index in [2.05, 4.69) is 20.7 Å². The first kappa shape index (κ1) is 26.2. The van der Waals surface area contributed by atoms with Crippen LogP contribution < -0.4 is 10.2 Å². The topological polar surface area (TPSA) is 81.4 Å². The molecule has 0 unspecified atom stereocenters. The number of nitrogens with zero attached hydrogens (tertiary/aromatic N) is 4. The molecule has 1 amide bonds. The molecule has 37 heavy (non-hydrogen) atoms. The molecule has 188 valence electrons. The fraction of sp³-hybridized carbons (Fsp3) is 0.143. The molecule has 1 N–H and O–H groups in total. The summed E-state index contributed by atoms with van der Waals surface area (Å²) in [4.78, 5) is 12.5. The van der Waals surface area contributed by atoms with Crippen LogP contribution in [0.15, 0.2) is 94.7 Å². The van der Waals surface area contributed by atoms with Crippen molar-refractivity contribution >= 4 is 41.6 Å². The lowest BCUT2D eigenvalue weighted by Crippen LogP contribution is -2.20. The minimum absolute atomic E-state index is 0.120. The van der Waals surface area contributed by atoms with Gasteiger partial charge >= 0.3 is 0 Å². The van der Waals surface area contributed by atoms with Crippen LogP contribution in [0.4, 0.5) is 0 Å². The first-order valence-corrected chi connectivity index (χ1v) is 13.0. The predicted octanol–water partition coefficient (Wildman–Crippen LogP) is 6.28. The van der Waals surface area contributed by atoms with Crippen LogP contribution in [-0.2, 0) is 4.79 Å². The van der Waals surface area contributed by atoms with Crippen LogP contribution in [0.5, 0.6) is 5.75 Å². The molecule has 1 aromatic heterocycles. The highest BCUT2D eigenvalue weighted by atomic mass is 35.5. The van der Waals surface area contributed by atoms with Crippen LogP contribution >= 0.6 is 23.4 Å². The maximum Gasteiger partial charge on any atom is 0.250 e. The van der Waals surface area contributed by atoms with Gasteiger partial charge in [-0.15, -0.1) is 10.2 Å². The first-order chi connectivity index (χ1) is 18.0. The normalized spacial score (nSPS) is 11.6. The zero-order chi connectivity index (χ0) is 26.0. The number of halogens is 1. The summed E-state index contributed by atoms with van der Waals surface area (Å²) in [6, 6.07) is 25.0. The quantitative estimate of drug-likeness (QED) is 0.148. The van der Waals surface area contributed by atoms with Gasteiger partial charge in [0.05, 0.1) is 18.6 Å². The van der Waals surface area contributed by atoms with E-state index >= 15 is 0 Å². The van der Waals surface area contributed by atoms with Gasteiger partial charge in [-0.25, -0.2) is 5.43 Å². The molecule has 0 atom stereocenters. The van der Waals surface area contributed by atoms with Crippen molar-refractivity contribution in [3.8, 4) is 22.8 Å². The van der Waals surface area contributed by atoms with Crippen LogP contribution in [0.3, 0.4) is 0 Å². The molecular formula is C28H26ClN5O2S. The average Bonchev–Trinajstić information content (AvgIpc) is 3.33. The number of benzene rings is 3. The van der Waals surface area contributed by atoms with Gasteiger partial charge in [-0.1, -0.05) is 59.8 Å². The lowest BCUT2D eigenvalue weighted by molar-refractivity contribution is -0.118. The van der Waals surface area contributed by atoms with E-state index < -0.39 is 0 Å². The zero-order valence-electron chi connectivity index (χ0n) is 20.5. The zero-order valence-corrected chi connectivity index (χ0v) is 22.0. The Bertz CT molecular complexity index is 1380. The fourth-order valence-corrected chi connectivity index (χ4v) is 4.33. The lowest BCUT2D eigenvalue weighted by atomic mass is 10.1. The molecule has 1 heterocycles. The van der Waals surface area contributed by atoms with E-state index in [0.717, 1.165) is 28.1 Å². The number of ether oxygens (including phenoxy) is 1. The predicted molar refractivity (Wildman–Crippen MR) is 150 cm³/mol. The Morgan fingerprint density at radius 2 is 1.78 bits per heavy atom. The van der Waals surface area contributed by atoms with E-state index in [4.69, 9.17) is 16.3 Å². The molecule has 0 saturated heterocycles. The maximum atomic E-state index is 12.5. The largest absolute Gasteiger partial charge is 0.494 e. The van der Waals surface area contributed by atoms with E-state index in [1.54, 1.807) is 18.3 Å². The van der Waals surface area contributed by atoms with Crippen molar-refractivity contribution in [2.24, 2.45) is 5.10 Å². The van der Waals surface area contributed by atoms with Crippen molar-refractivity contribution in [1.82, 2.24) is 20.2 Å². The number of hydrogen-bond donors (Lipinski definition) is 1. The molecule has 4 aromatic rings. The van der Waals surface area contributed by atoms with Gasteiger partial charge in [0.15, 0.2) is 11.0 Å². The second-order valence-electron chi connectivity index (χ2n) is 7.96. The summed E-state index contributed by atoms with van der Waals surface area (Å²) in [6.45, 7) is 4.45. The van der Waals surface area contributed by atoms with E-state index in [9.17, 15) is 4.79 Å². The Balaban J connectivity index is 1.48. The summed E-state index contributed by atoms with van der Waals surface area (Å²) in [6.07, 6.45) is 3.61. The molecule has 9 heteroatoms. The first-order valence-electron chi connectivity index (χ1n) is 11.7. The fourth-order valence-electron chi connectivity index (χ4n) is 3.46. The van der Waals surface area contributed by atoms with E-state index in [1.165, 1.54) is 11.8 Å². The molecule has 3 aromatic carbocycles. The number of carbonyl (C=O) groups excluding carboxylic acids is 1. The van der Waals surface area contributed by atoms with Gasteiger partial charge < -0.3 is 4.74 Å². The monoisotopic (exact) mass is 531 g/mol. The van der Waals surface area contributed by atoms with E-state index in [-0.39, 0.29) is 11.7 Å². The molecule has 0 bridgehead atoms. The Morgan fingerprint density at radius 3 is 2.49 bits per heavy atom. The van der Waals surface area contributed by atoms with Crippen molar-refractivity contribution in [2.75, 3.05) is 12.4 Å². The Kier molecular flexibility index (Phi) is 9.13. The van der Waals surface area contributed by atoms with Crippen molar-refractivity contribution < 1.29 is 9.53 Å². The van der Waals surface area contributed by atoms with Crippen LogP contribution in [0, 0.1) is 0 Å². The summed E-state index contributed by atoms with van der Waals surface area (Å²) < 4.78 is 7.48. The van der Waals surface area contributed by atoms with Crippen LogP contribution in [0.1, 0.15) is 19.4 Å². The van der Waals surface area contributed by atoms with Crippen molar-refractivity contribution in [3.63, 3.8) is 0 Å². The van der Waals surface area contributed by atoms with Gasteiger partial charge in [-0.05, 0) is 73.5 Å². The van der Waals surface area contributed by atoms with Gasteiger partial charge in [0, 0.05) is 16.3 Å². The van der Waals surface area contributed by atoms with E-state index in [0.29, 0.717) is 22.6 Å². The van der Waals surface area contributed by atoms with Crippen molar-refractivity contribution in [2.45, 2.75) is 19.0 Å². The van der Waals surface area contributed by atoms with Gasteiger partial charge in [-0.2, -0.15) is 5.10 Å². The van der Waals surface area contributed by atoms with E-state index in [1.807, 2.05) is 91.2 Å². The molecule has 0 aliphatic carbocycles. The number of hydrazone groups is 1. The number of aromatic nitrogens is 3. The molecule has 0 aliphatic heterocycles.